The number of fused-ring (bicyclic) bond motifs is 5. The van der Waals surface area contributed by atoms with Crippen molar-refractivity contribution >= 4 is 33.4 Å². The topological polar surface area (TPSA) is 57.6 Å². The van der Waals surface area contributed by atoms with Crippen LogP contribution < -0.4 is 0 Å². The van der Waals surface area contributed by atoms with E-state index in [1.165, 1.54) is 4.90 Å². The summed E-state index contributed by atoms with van der Waals surface area (Å²) in [6.45, 7) is 3.91. The third kappa shape index (κ3) is 1.60. The maximum absolute atomic E-state index is 12.7. The monoisotopic (exact) mass is 305 g/mol. The number of hydrogen-bond acceptors (Lipinski definition) is 3. The Labute approximate surface area is 132 Å². The number of imide groups is 1. The van der Waals surface area contributed by atoms with Gasteiger partial charge in [-0.05, 0) is 30.7 Å². The van der Waals surface area contributed by atoms with E-state index < -0.39 is 0 Å². The van der Waals surface area contributed by atoms with E-state index in [-0.39, 0.29) is 17.6 Å². The summed E-state index contributed by atoms with van der Waals surface area (Å²) in [4.78, 5) is 26.3. The third-order valence-electron chi connectivity index (χ3n) is 4.66. The summed E-state index contributed by atoms with van der Waals surface area (Å²) in [5, 5.41) is 13.7. The zero-order chi connectivity index (χ0) is 16.3. The van der Waals surface area contributed by atoms with Crippen LogP contribution in [0.15, 0.2) is 36.4 Å². The Kier molecular flexibility index (Phi) is 2.73. The summed E-state index contributed by atoms with van der Waals surface area (Å²) in [6, 6.07) is 11.1. The van der Waals surface area contributed by atoms with Gasteiger partial charge in [0.1, 0.15) is 5.75 Å². The molecule has 3 aromatic carbocycles. The Hall–Kier alpha value is -2.88. The lowest BCUT2D eigenvalue weighted by Crippen LogP contribution is -2.29. The molecular formula is C19H15NO3. The molecule has 0 fully saturated rings. The highest BCUT2D eigenvalue weighted by molar-refractivity contribution is 6.29. The minimum atomic E-state index is -0.282. The van der Waals surface area contributed by atoms with Crippen LogP contribution in [0, 0.1) is 6.92 Å². The summed E-state index contributed by atoms with van der Waals surface area (Å²) in [7, 11) is 0. The van der Waals surface area contributed by atoms with Gasteiger partial charge in [0.15, 0.2) is 0 Å². The first kappa shape index (κ1) is 13.8. The molecule has 0 aliphatic carbocycles. The number of phenols is 1. The number of rotatable bonds is 1. The molecule has 1 aliphatic heterocycles. The van der Waals surface area contributed by atoms with E-state index in [1.54, 1.807) is 19.9 Å². The lowest BCUT2D eigenvalue weighted by Gasteiger charge is -2.13. The summed E-state index contributed by atoms with van der Waals surface area (Å²) >= 11 is 0. The molecule has 1 aliphatic rings. The molecule has 4 heteroatoms. The fraction of sp³-hybridized carbons (Fsp3) is 0.158. The van der Waals surface area contributed by atoms with Gasteiger partial charge in [-0.2, -0.15) is 0 Å². The summed E-state index contributed by atoms with van der Waals surface area (Å²) in [5.74, 6) is -0.381. The van der Waals surface area contributed by atoms with Crippen LogP contribution in [0.4, 0.5) is 0 Å². The highest BCUT2D eigenvalue weighted by Gasteiger charge is 2.36. The molecule has 0 spiro atoms. The predicted molar refractivity (Wildman–Crippen MR) is 88.9 cm³/mol. The van der Waals surface area contributed by atoms with E-state index in [4.69, 9.17) is 0 Å². The first-order chi connectivity index (χ1) is 11.1. The zero-order valence-corrected chi connectivity index (χ0v) is 12.9. The zero-order valence-electron chi connectivity index (χ0n) is 12.9. The summed E-state index contributed by atoms with van der Waals surface area (Å²) in [5.41, 5.74) is 1.46. The van der Waals surface area contributed by atoms with Crippen molar-refractivity contribution in [2.24, 2.45) is 0 Å². The van der Waals surface area contributed by atoms with E-state index in [1.807, 2.05) is 30.3 Å². The SMILES string of the molecule is CCN1C(=O)c2ccc3c(c(C)c(O)c4ccccc43)c2C1=O. The molecule has 0 bridgehead atoms. The van der Waals surface area contributed by atoms with Crippen molar-refractivity contribution in [3.63, 3.8) is 0 Å². The summed E-state index contributed by atoms with van der Waals surface area (Å²) < 4.78 is 0. The third-order valence-corrected chi connectivity index (χ3v) is 4.66. The fourth-order valence-electron chi connectivity index (χ4n) is 3.52. The normalized spacial score (nSPS) is 14.1. The minimum Gasteiger partial charge on any atom is -0.507 e. The maximum atomic E-state index is 12.7. The Bertz CT molecular complexity index is 1020. The minimum absolute atomic E-state index is 0.164. The van der Waals surface area contributed by atoms with Crippen molar-refractivity contribution in [1.29, 1.82) is 0 Å². The molecule has 4 rings (SSSR count). The van der Waals surface area contributed by atoms with Gasteiger partial charge in [-0.3, -0.25) is 14.5 Å². The average molecular weight is 305 g/mol. The van der Waals surface area contributed by atoms with Crippen molar-refractivity contribution in [1.82, 2.24) is 4.90 Å². The van der Waals surface area contributed by atoms with Crippen molar-refractivity contribution < 1.29 is 14.7 Å². The van der Waals surface area contributed by atoms with Crippen molar-refractivity contribution in [3.8, 4) is 5.75 Å². The smallest absolute Gasteiger partial charge is 0.262 e. The van der Waals surface area contributed by atoms with Gasteiger partial charge in [0.25, 0.3) is 11.8 Å². The molecule has 114 valence electrons. The number of aryl methyl sites for hydroxylation is 1. The van der Waals surface area contributed by atoms with Crippen molar-refractivity contribution in [3.05, 3.63) is 53.1 Å². The molecule has 4 nitrogen and oxygen atoms in total. The van der Waals surface area contributed by atoms with Crippen LogP contribution >= 0.6 is 0 Å². The second-order valence-corrected chi connectivity index (χ2v) is 5.78. The van der Waals surface area contributed by atoms with Crippen LogP contribution in [0.5, 0.6) is 5.75 Å². The fourth-order valence-corrected chi connectivity index (χ4v) is 3.52. The second kappa shape index (κ2) is 4.56. The van der Waals surface area contributed by atoms with Gasteiger partial charge in [0.2, 0.25) is 0 Å². The predicted octanol–water partition coefficient (Wildman–Crippen LogP) is 3.62. The van der Waals surface area contributed by atoms with Gasteiger partial charge in [0, 0.05) is 22.9 Å². The number of amides is 2. The highest BCUT2D eigenvalue weighted by atomic mass is 16.3. The van der Waals surface area contributed by atoms with Gasteiger partial charge in [-0.25, -0.2) is 0 Å². The first-order valence-electron chi connectivity index (χ1n) is 7.59. The summed E-state index contributed by atoms with van der Waals surface area (Å²) in [6.07, 6.45) is 0. The van der Waals surface area contributed by atoms with Gasteiger partial charge < -0.3 is 5.11 Å². The van der Waals surface area contributed by atoms with E-state index in [0.29, 0.717) is 28.6 Å². The van der Waals surface area contributed by atoms with Crippen molar-refractivity contribution in [2.75, 3.05) is 6.54 Å². The van der Waals surface area contributed by atoms with Gasteiger partial charge in [-0.1, -0.05) is 30.3 Å². The number of hydrogen-bond donors (Lipinski definition) is 1. The standard InChI is InChI=1S/C19H15NO3/c1-3-20-18(22)14-9-8-12-11-6-4-5-7-13(11)17(21)10(2)15(12)16(14)19(20)23/h4-9,21H,3H2,1-2H3. The van der Waals surface area contributed by atoms with Gasteiger partial charge in [-0.15, -0.1) is 0 Å². The average Bonchev–Trinajstić information content (AvgIpc) is 2.82. The molecule has 1 heterocycles. The second-order valence-electron chi connectivity index (χ2n) is 5.78. The van der Waals surface area contributed by atoms with Crippen LogP contribution in [0.1, 0.15) is 33.2 Å². The van der Waals surface area contributed by atoms with Crippen LogP contribution in [0.25, 0.3) is 21.5 Å². The molecule has 0 radical (unpaired) electrons. The van der Waals surface area contributed by atoms with E-state index >= 15 is 0 Å². The van der Waals surface area contributed by atoms with Crippen LogP contribution in [0.2, 0.25) is 0 Å². The van der Waals surface area contributed by atoms with E-state index in [0.717, 1.165) is 16.2 Å². The highest BCUT2D eigenvalue weighted by Crippen LogP contribution is 2.41. The molecule has 23 heavy (non-hydrogen) atoms. The number of carbonyl (C=O) groups excluding carboxylic acids is 2. The van der Waals surface area contributed by atoms with Crippen LogP contribution in [0.3, 0.4) is 0 Å². The van der Waals surface area contributed by atoms with E-state index in [9.17, 15) is 14.7 Å². The molecule has 0 unspecified atom stereocenters. The first-order valence-corrected chi connectivity index (χ1v) is 7.59. The maximum Gasteiger partial charge on any atom is 0.262 e. The number of benzene rings is 3. The number of aromatic hydroxyl groups is 1. The molecule has 2 amide bonds. The Morgan fingerprint density at radius 3 is 2.35 bits per heavy atom. The van der Waals surface area contributed by atoms with Gasteiger partial charge in [0.05, 0.1) is 11.1 Å². The van der Waals surface area contributed by atoms with Crippen LogP contribution in [-0.4, -0.2) is 28.4 Å². The van der Waals surface area contributed by atoms with Crippen LogP contribution in [-0.2, 0) is 0 Å². The molecule has 0 saturated heterocycles. The Balaban J connectivity index is 2.23. The Morgan fingerprint density at radius 1 is 0.957 bits per heavy atom. The van der Waals surface area contributed by atoms with Gasteiger partial charge >= 0.3 is 0 Å². The lowest BCUT2D eigenvalue weighted by atomic mass is 9.91. The Morgan fingerprint density at radius 2 is 1.65 bits per heavy atom. The van der Waals surface area contributed by atoms with E-state index in [2.05, 4.69) is 0 Å². The number of phenolic OH excluding ortho intramolecular Hbond substituents is 1. The number of nitrogens with zero attached hydrogens (tertiary/aromatic N) is 1. The molecule has 0 aromatic heterocycles. The number of carbonyl (C=O) groups is 2. The molecule has 1 N–H and O–H groups in total. The molecule has 0 saturated carbocycles. The lowest BCUT2D eigenvalue weighted by molar-refractivity contribution is 0.0663. The quantitative estimate of drug-likeness (QED) is 0.552. The molecular weight excluding hydrogens is 290 g/mol. The molecule has 0 atom stereocenters. The molecule has 3 aromatic rings. The van der Waals surface area contributed by atoms with Crippen molar-refractivity contribution in [2.45, 2.75) is 13.8 Å². The largest absolute Gasteiger partial charge is 0.507 e.